The van der Waals surface area contributed by atoms with Gasteiger partial charge in [-0.15, -0.1) is 10.2 Å². The maximum Gasteiger partial charge on any atom is 0.248 e. The van der Waals surface area contributed by atoms with Gasteiger partial charge in [-0.2, -0.15) is 0 Å². The van der Waals surface area contributed by atoms with Crippen molar-refractivity contribution >= 4 is 23.2 Å². The van der Waals surface area contributed by atoms with Crippen LogP contribution in [0.1, 0.15) is 11.5 Å². The van der Waals surface area contributed by atoms with Crippen molar-refractivity contribution < 1.29 is 13.9 Å². The van der Waals surface area contributed by atoms with Crippen LogP contribution in [-0.2, 0) is 7.05 Å². The van der Waals surface area contributed by atoms with Gasteiger partial charge >= 0.3 is 0 Å². The maximum absolute atomic E-state index is 5.90. The van der Waals surface area contributed by atoms with Gasteiger partial charge in [0, 0.05) is 35.8 Å². The summed E-state index contributed by atoms with van der Waals surface area (Å²) in [6.45, 7) is 0. The van der Waals surface area contributed by atoms with E-state index >= 15 is 0 Å². The zero-order valence-electron chi connectivity index (χ0n) is 18.5. The zero-order chi connectivity index (χ0) is 22.8. The predicted octanol–water partition coefficient (Wildman–Crippen LogP) is 5.48. The van der Waals surface area contributed by atoms with Crippen molar-refractivity contribution in [2.75, 3.05) is 14.2 Å². The van der Waals surface area contributed by atoms with Crippen LogP contribution >= 0.6 is 0 Å². The minimum atomic E-state index is 0.401. The molecule has 33 heavy (non-hydrogen) atoms. The quantitative estimate of drug-likeness (QED) is 0.350. The average molecular weight is 438 g/mol. The number of ether oxygens (including phenoxy) is 2. The summed E-state index contributed by atoms with van der Waals surface area (Å²) < 4.78 is 18.7. The van der Waals surface area contributed by atoms with Crippen molar-refractivity contribution in [3.63, 3.8) is 0 Å². The Balaban J connectivity index is 1.54. The predicted molar refractivity (Wildman–Crippen MR) is 128 cm³/mol. The summed E-state index contributed by atoms with van der Waals surface area (Å²) in [6, 6.07) is 19.7. The van der Waals surface area contributed by atoms with Gasteiger partial charge in [0.05, 0.1) is 19.9 Å². The van der Waals surface area contributed by atoms with Gasteiger partial charge in [0.2, 0.25) is 11.8 Å². The number of hydrogen-bond acceptors (Lipinski definition) is 6. The average Bonchev–Trinajstić information content (AvgIpc) is 3.45. The molecule has 0 saturated heterocycles. The highest BCUT2D eigenvalue weighted by Gasteiger charge is 2.16. The fourth-order valence-electron chi connectivity index (χ4n) is 3.94. The molecule has 0 fully saturated rings. The van der Waals surface area contributed by atoms with Gasteiger partial charge in [0.25, 0.3) is 0 Å². The molecule has 0 spiro atoms. The van der Waals surface area contributed by atoms with Crippen molar-refractivity contribution in [3.05, 3.63) is 78.3 Å². The number of pyridine rings is 1. The lowest BCUT2D eigenvalue weighted by Gasteiger charge is -2.07. The first-order valence-corrected chi connectivity index (χ1v) is 10.4. The van der Waals surface area contributed by atoms with Crippen LogP contribution in [0.3, 0.4) is 0 Å². The Labute approximate surface area is 190 Å². The van der Waals surface area contributed by atoms with Gasteiger partial charge in [-0.1, -0.05) is 30.3 Å². The van der Waals surface area contributed by atoms with Gasteiger partial charge < -0.3 is 18.5 Å². The molecule has 0 N–H and O–H groups in total. The molecule has 7 nitrogen and oxygen atoms in total. The molecule has 0 aliphatic heterocycles. The minimum Gasteiger partial charge on any atom is -0.493 e. The van der Waals surface area contributed by atoms with Crippen LogP contribution in [0.25, 0.3) is 45.9 Å². The molecule has 0 bridgehead atoms. The molecule has 3 aromatic heterocycles. The van der Waals surface area contributed by atoms with Crippen molar-refractivity contribution in [2.24, 2.45) is 7.05 Å². The van der Waals surface area contributed by atoms with Crippen molar-refractivity contribution in [1.82, 2.24) is 19.7 Å². The van der Waals surface area contributed by atoms with Crippen LogP contribution in [0.4, 0.5) is 0 Å². The Bertz CT molecular complexity index is 1450. The van der Waals surface area contributed by atoms with E-state index < -0.39 is 0 Å². The number of aromatic nitrogens is 4. The third kappa shape index (κ3) is 3.74. The first-order valence-electron chi connectivity index (χ1n) is 10.4. The Kier molecular flexibility index (Phi) is 5.36. The van der Waals surface area contributed by atoms with E-state index in [4.69, 9.17) is 13.9 Å². The van der Waals surface area contributed by atoms with Crippen molar-refractivity contribution in [3.8, 4) is 34.2 Å². The molecule has 0 unspecified atom stereocenters. The number of methoxy groups -OCH3 is 2. The van der Waals surface area contributed by atoms with Crippen LogP contribution in [-0.4, -0.2) is 34.0 Å². The monoisotopic (exact) mass is 438 g/mol. The molecule has 164 valence electrons. The molecule has 0 radical (unpaired) electrons. The van der Waals surface area contributed by atoms with Crippen LogP contribution < -0.4 is 9.47 Å². The van der Waals surface area contributed by atoms with Gasteiger partial charge in [0.1, 0.15) is 5.65 Å². The van der Waals surface area contributed by atoms with Crippen LogP contribution in [0.15, 0.2) is 71.3 Å². The number of benzene rings is 2. The van der Waals surface area contributed by atoms with E-state index in [-0.39, 0.29) is 0 Å². The highest BCUT2D eigenvalue weighted by Crippen LogP contribution is 2.34. The summed E-state index contributed by atoms with van der Waals surface area (Å²) in [4.78, 5) is 4.57. The van der Waals surface area contributed by atoms with E-state index in [1.165, 1.54) is 0 Å². The largest absolute Gasteiger partial charge is 0.493 e. The molecule has 0 amide bonds. The molecular formula is C26H22N4O3. The third-order valence-corrected chi connectivity index (χ3v) is 5.50. The summed E-state index contributed by atoms with van der Waals surface area (Å²) in [5.41, 5.74) is 4.87. The van der Waals surface area contributed by atoms with E-state index in [9.17, 15) is 0 Å². The normalized spacial score (nSPS) is 11.4. The first-order chi connectivity index (χ1) is 16.2. The van der Waals surface area contributed by atoms with Gasteiger partial charge in [-0.05, 0) is 42.0 Å². The molecule has 0 aliphatic rings. The SMILES string of the molecule is COc1ccc(-c2nnc(/C=C/c3c(-c4ccccc4)n(C)c4ncccc34)o2)cc1OC. The molecule has 0 saturated carbocycles. The van der Waals surface area contributed by atoms with Gasteiger partial charge in [-0.25, -0.2) is 4.98 Å². The fourth-order valence-corrected chi connectivity index (χ4v) is 3.94. The molecule has 7 heteroatoms. The second kappa shape index (κ2) is 8.63. The van der Waals surface area contributed by atoms with Crippen LogP contribution in [0, 0.1) is 0 Å². The third-order valence-electron chi connectivity index (χ3n) is 5.50. The Morgan fingerprint density at radius 2 is 1.67 bits per heavy atom. The summed E-state index contributed by atoms with van der Waals surface area (Å²) >= 11 is 0. The molecular weight excluding hydrogens is 416 g/mol. The van der Waals surface area contributed by atoms with Crippen molar-refractivity contribution in [1.29, 1.82) is 0 Å². The smallest absolute Gasteiger partial charge is 0.248 e. The second-order valence-corrected chi connectivity index (χ2v) is 7.41. The lowest BCUT2D eigenvalue weighted by Crippen LogP contribution is -1.93. The zero-order valence-corrected chi connectivity index (χ0v) is 18.5. The minimum absolute atomic E-state index is 0.401. The topological polar surface area (TPSA) is 75.2 Å². The lowest BCUT2D eigenvalue weighted by atomic mass is 10.1. The Morgan fingerprint density at radius 1 is 0.848 bits per heavy atom. The molecule has 5 rings (SSSR count). The van der Waals surface area contributed by atoms with Gasteiger partial charge in [0.15, 0.2) is 11.5 Å². The molecule has 0 aliphatic carbocycles. The van der Waals surface area contributed by atoms with E-state index in [1.54, 1.807) is 20.4 Å². The Hall–Kier alpha value is -4.39. The standard InChI is InChI=1S/C26H22N4O3/c1-30-24(17-8-5-4-6-9-17)19(20-10-7-15-27-25(20)30)12-14-23-28-29-26(33-23)18-11-13-21(31-2)22(16-18)32-3/h4-16H,1-3H3/b14-12+. The summed E-state index contributed by atoms with van der Waals surface area (Å²) in [6.07, 6.45) is 5.63. The summed E-state index contributed by atoms with van der Waals surface area (Å²) in [5, 5.41) is 9.44. The fraction of sp³-hybridized carbons (Fsp3) is 0.115. The van der Waals surface area contributed by atoms with Gasteiger partial charge in [-0.3, -0.25) is 0 Å². The first kappa shape index (κ1) is 20.5. The molecule has 0 atom stereocenters. The number of aryl methyl sites for hydroxylation is 1. The van der Waals surface area contributed by atoms with Crippen LogP contribution in [0.5, 0.6) is 11.5 Å². The summed E-state index contributed by atoms with van der Waals surface area (Å²) in [7, 11) is 5.21. The number of hydrogen-bond donors (Lipinski definition) is 0. The lowest BCUT2D eigenvalue weighted by molar-refractivity contribution is 0.355. The molecule has 2 aromatic carbocycles. The highest BCUT2D eigenvalue weighted by atomic mass is 16.5. The highest BCUT2D eigenvalue weighted by molar-refractivity contribution is 5.97. The molecule has 3 heterocycles. The van der Waals surface area contributed by atoms with E-state index in [0.29, 0.717) is 23.3 Å². The maximum atomic E-state index is 5.90. The second-order valence-electron chi connectivity index (χ2n) is 7.41. The van der Waals surface area contributed by atoms with E-state index in [0.717, 1.165) is 33.4 Å². The number of nitrogens with zero attached hydrogens (tertiary/aromatic N) is 4. The number of fused-ring (bicyclic) bond motifs is 1. The van der Waals surface area contributed by atoms with Crippen molar-refractivity contribution in [2.45, 2.75) is 0 Å². The van der Waals surface area contributed by atoms with E-state index in [2.05, 4.69) is 37.9 Å². The Morgan fingerprint density at radius 3 is 2.45 bits per heavy atom. The summed E-state index contributed by atoms with van der Waals surface area (Å²) in [5.74, 6) is 2.04. The van der Waals surface area contributed by atoms with Crippen LogP contribution in [0.2, 0.25) is 0 Å². The molecule has 5 aromatic rings. The van der Waals surface area contributed by atoms with E-state index in [1.807, 2.05) is 61.7 Å². The number of rotatable bonds is 6.